The summed E-state index contributed by atoms with van der Waals surface area (Å²) in [6, 6.07) is 16.6. The molecule has 2 N–H and O–H groups in total. The predicted molar refractivity (Wildman–Crippen MR) is 118 cm³/mol. The molecule has 7 heteroatoms. The molecular formula is C24H25N3O4. The molecule has 3 aromatic rings. The van der Waals surface area contributed by atoms with Crippen LogP contribution in [0.2, 0.25) is 0 Å². The molecule has 0 spiro atoms. The Morgan fingerprint density at radius 1 is 1.03 bits per heavy atom. The number of H-pyrrole nitrogens is 1. The number of hydrogen-bond donors (Lipinski definition) is 2. The highest BCUT2D eigenvalue weighted by molar-refractivity contribution is 6.10. The van der Waals surface area contributed by atoms with Gasteiger partial charge in [-0.05, 0) is 38.0 Å². The highest BCUT2D eigenvalue weighted by Crippen LogP contribution is 2.23. The van der Waals surface area contributed by atoms with E-state index in [4.69, 9.17) is 4.74 Å². The number of ether oxygens (including phenoxy) is 1. The number of esters is 1. The van der Waals surface area contributed by atoms with Gasteiger partial charge in [0.25, 0.3) is 0 Å². The van der Waals surface area contributed by atoms with Crippen LogP contribution >= 0.6 is 0 Å². The van der Waals surface area contributed by atoms with Crippen molar-refractivity contribution in [1.82, 2.24) is 9.88 Å². The van der Waals surface area contributed by atoms with Gasteiger partial charge in [-0.15, -0.1) is 0 Å². The highest BCUT2D eigenvalue weighted by atomic mass is 16.5. The van der Waals surface area contributed by atoms with E-state index in [-0.39, 0.29) is 23.7 Å². The van der Waals surface area contributed by atoms with Gasteiger partial charge in [0.05, 0.1) is 5.92 Å². The summed E-state index contributed by atoms with van der Waals surface area (Å²) in [6.07, 6.45) is 1.80. The van der Waals surface area contributed by atoms with Crippen LogP contribution in [0.15, 0.2) is 60.8 Å². The molecule has 31 heavy (non-hydrogen) atoms. The summed E-state index contributed by atoms with van der Waals surface area (Å²) < 4.78 is 5.49. The SMILES string of the molecule is CC(OC(=O)C1CCN(C(=O)Nc2ccccc2)CC1)C(=O)c1c[nH]c2ccccc12. The second-order valence-electron chi connectivity index (χ2n) is 7.75. The maximum atomic E-state index is 12.8. The average molecular weight is 419 g/mol. The van der Waals surface area contributed by atoms with Crippen molar-refractivity contribution < 1.29 is 19.1 Å². The van der Waals surface area contributed by atoms with Crippen LogP contribution in [-0.2, 0) is 9.53 Å². The third-order valence-corrected chi connectivity index (χ3v) is 5.66. The Hall–Kier alpha value is -3.61. The number of hydrogen-bond acceptors (Lipinski definition) is 4. The van der Waals surface area contributed by atoms with Gasteiger partial charge in [0.2, 0.25) is 5.78 Å². The molecule has 2 aromatic carbocycles. The fraction of sp³-hybridized carbons (Fsp3) is 0.292. The molecule has 1 atom stereocenters. The lowest BCUT2D eigenvalue weighted by Crippen LogP contribution is -2.43. The van der Waals surface area contributed by atoms with Gasteiger partial charge >= 0.3 is 12.0 Å². The Morgan fingerprint density at radius 2 is 1.71 bits per heavy atom. The molecule has 1 aliphatic heterocycles. The minimum Gasteiger partial charge on any atom is -0.454 e. The summed E-state index contributed by atoms with van der Waals surface area (Å²) in [5.41, 5.74) is 2.12. The molecule has 1 aromatic heterocycles. The molecule has 1 aliphatic rings. The second-order valence-corrected chi connectivity index (χ2v) is 7.75. The van der Waals surface area contributed by atoms with Crippen molar-refractivity contribution in [1.29, 1.82) is 0 Å². The fourth-order valence-electron chi connectivity index (χ4n) is 3.86. The second kappa shape index (κ2) is 9.04. The Labute approximate surface area is 180 Å². The molecular weight excluding hydrogens is 394 g/mol. The first kappa shape index (κ1) is 20.7. The monoisotopic (exact) mass is 419 g/mol. The smallest absolute Gasteiger partial charge is 0.321 e. The van der Waals surface area contributed by atoms with E-state index < -0.39 is 6.10 Å². The fourth-order valence-corrected chi connectivity index (χ4v) is 3.86. The standard InChI is InChI=1S/C24H25N3O4/c1-16(22(28)20-15-25-21-10-6-5-9-19(20)21)31-23(29)17-11-13-27(14-12-17)24(30)26-18-7-3-2-4-8-18/h2-10,15-17,25H,11-14H2,1H3,(H,26,30). The van der Waals surface area contributed by atoms with E-state index >= 15 is 0 Å². The third-order valence-electron chi connectivity index (χ3n) is 5.66. The topological polar surface area (TPSA) is 91.5 Å². The number of carbonyl (C=O) groups is 3. The number of ketones is 1. The van der Waals surface area contributed by atoms with Crippen molar-refractivity contribution in [2.24, 2.45) is 5.92 Å². The van der Waals surface area contributed by atoms with Gasteiger partial charge in [0.1, 0.15) is 0 Å². The van der Waals surface area contributed by atoms with Crippen LogP contribution < -0.4 is 5.32 Å². The molecule has 1 fully saturated rings. The first-order valence-electron chi connectivity index (χ1n) is 10.4. The van der Waals surface area contributed by atoms with E-state index in [2.05, 4.69) is 10.3 Å². The lowest BCUT2D eigenvalue weighted by atomic mass is 9.97. The summed E-state index contributed by atoms with van der Waals surface area (Å²) in [6.45, 7) is 2.52. The number of amides is 2. The number of rotatable bonds is 5. The first-order valence-corrected chi connectivity index (χ1v) is 10.4. The van der Waals surface area contributed by atoms with E-state index in [1.54, 1.807) is 18.0 Å². The summed E-state index contributed by atoms with van der Waals surface area (Å²) in [5, 5.41) is 3.67. The zero-order chi connectivity index (χ0) is 21.8. The summed E-state index contributed by atoms with van der Waals surface area (Å²) in [7, 11) is 0. The molecule has 1 unspecified atom stereocenters. The van der Waals surface area contributed by atoms with Crippen LogP contribution in [0.4, 0.5) is 10.5 Å². The number of likely N-dealkylation sites (tertiary alicyclic amines) is 1. The molecule has 2 heterocycles. The van der Waals surface area contributed by atoms with Crippen molar-refractivity contribution in [2.45, 2.75) is 25.9 Å². The molecule has 0 bridgehead atoms. The van der Waals surface area contributed by atoms with Crippen LogP contribution in [0.25, 0.3) is 10.9 Å². The van der Waals surface area contributed by atoms with E-state index in [0.717, 1.165) is 16.6 Å². The van der Waals surface area contributed by atoms with Gasteiger partial charge < -0.3 is 19.9 Å². The summed E-state index contributed by atoms with van der Waals surface area (Å²) in [5.74, 6) is -0.937. The molecule has 1 saturated heterocycles. The van der Waals surface area contributed by atoms with Gasteiger partial charge in [0, 0.05) is 41.4 Å². The Balaban J connectivity index is 1.29. The van der Waals surface area contributed by atoms with Crippen LogP contribution in [-0.4, -0.2) is 46.9 Å². The number of aromatic amines is 1. The van der Waals surface area contributed by atoms with Crippen molar-refractivity contribution in [3.63, 3.8) is 0 Å². The maximum Gasteiger partial charge on any atom is 0.321 e. The van der Waals surface area contributed by atoms with E-state index in [9.17, 15) is 14.4 Å². The number of piperidine rings is 1. The number of nitrogens with zero attached hydrogens (tertiary/aromatic N) is 1. The third kappa shape index (κ3) is 4.60. The normalized spacial score (nSPS) is 15.5. The first-order chi connectivity index (χ1) is 15.0. The molecule has 0 aliphatic carbocycles. The zero-order valence-corrected chi connectivity index (χ0v) is 17.3. The van der Waals surface area contributed by atoms with Gasteiger partial charge in [-0.25, -0.2) is 4.79 Å². The number of benzene rings is 2. The van der Waals surface area contributed by atoms with Crippen molar-refractivity contribution >= 4 is 34.4 Å². The Kier molecular flexibility index (Phi) is 6.02. The number of fused-ring (bicyclic) bond motifs is 1. The Morgan fingerprint density at radius 3 is 2.45 bits per heavy atom. The predicted octanol–water partition coefficient (Wildman–Crippen LogP) is 4.23. The lowest BCUT2D eigenvalue weighted by molar-refractivity contribution is -0.152. The number of anilines is 1. The summed E-state index contributed by atoms with van der Waals surface area (Å²) in [4.78, 5) is 42.6. The van der Waals surface area contributed by atoms with Crippen molar-refractivity contribution in [3.05, 3.63) is 66.4 Å². The average Bonchev–Trinajstić information content (AvgIpc) is 3.23. The minimum atomic E-state index is -0.869. The van der Waals surface area contributed by atoms with Crippen LogP contribution in [0.5, 0.6) is 0 Å². The number of nitrogens with one attached hydrogen (secondary N) is 2. The van der Waals surface area contributed by atoms with Gasteiger partial charge in [-0.3, -0.25) is 9.59 Å². The molecule has 0 radical (unpaired) electrons. The molecule has 0 saturated carbocycles. The van der Waals surface area contributed by atoms with Crippen LogP contribution in [0.1, 0.15) is 30.1 Å². The molecule has 160 valence electrons. The van der Waals surface area contributed by atoms with Crippen molar-refractivity contribution in [3.8, 4) is 0 Å². The van der Waals surface area contributed by atoms with E-state index in [1.165, 1.54) is 0 Å². The van der Waals surface area contributed by atoms with E-state index in [0.29, 0.717) is 31.5 Å². The number of aromatic nitrogens is 1. The van der Waals surface area contributed by atoms with Crippen LogP contribution in [0.3, 0.4) is 0 Å². The zero-order valence-electron chi connectivity index (χ0n) is 17.3. The summed E-state index contributed by atoms with van der Waals surface area (Å²) >= 11 is 0. The number of Topliss-reactive ketones (excluding diaryl/α,β-unsaturated/α-hetero) is 1. The van der Waals surface area contributed by atoms with E-state index in [1.807, 2.05) is 54.6 Å². The van der Waals surface area contributed by atoms with Gasteiger partial charge in [-0.2, -0.15) is 0 Å². The number of para-hydroxylation sites is 2. The van der Waals surface area contributed by atoms with Gasteiger partial charge in [-0.1, -0.05) is 36.4 Å². The largest absolute Gasteiger partial charge is 0.454 e. The molecule has 7 nitrogen and oxygen atoms in total. The maximum absolute atomic E-state index is 12.8. The van der Waals surface area contributed by atoms with Gasteiger partial charge in [0.15, 0.2) is 6.10 Å². The lowest BCUT2D eigenvalue weighted by Gasteiger charge is -2.31. The highest BCUT2D eigenvalue weighted by Gasteiger charge is 2.31. The van der Waals surface area contributed by atoms with Crippen molar-refractivity contribution in [2.75, 3.05) is 18.4 Å². The molecule has 2 amide bonds. The number of carbonyl (C=O) groups excluding carboxylic acids is 3. The minimum absolute atomic E-state index is 0.180. The number of urea groups is 1. The van der Waals surface area contributed by atoms with Crippen LogP contribution in [0, 0.1) is 5.92 Å². The Bertz CT molecular complexity index is 1080. The molecule has 4 rings (SSSR count). The quantitative estimate of drug-likeness (QED) is 0.478.